The van der Waals surface area contributed by atoms with Crippen LogP contribution >= 0.6 is 0 Å². The first kappa shape index (κ1) is 15.9. The number of anilines is 1. The van der Waals surface area contributed by atoms with Gasteiger partial charge in [0.2, 0.25) is 0 Å². The molecule has 0 saturated carbocycles. The van der Waals surface area contributed by atoms with Gasteiger partial charge in [0.05, 0.1) is 12.7 Å². The number of carbonyl (C=O) groups is 1. The second-order valence-electron chi connectivity index (χ2n) is 6.00. The number of hydrogen-bond donors (Lipinski definition) is 1. The summed E-state index contributed by atoms with van der Waals surface area (Å²) in [4.78, 5) is 12.1. The zero-order valence-corrected chi connectivity index (χ0v) is 13.3. The molecule has 0 fully saturated rings. The van der Waals surface area contributed by atoms with Gasteiger partial charge >= 0.3 is 5.97 Å². The van der Waals surface area contributed by atoms with Crippen LogP contribution < -0.4 is 10.5 Å². The lowest BCUT2D eigenvalue weighted by atomic mass is 10.0. The van der Waals surface area contributed by atoms with Crippen LogP contribution in [0.5, 0.6) is 5.75 Å². The number of rotatable bonds is 3. The third-order valence-electron chi connectivity index (χ3n) is 3.09. The molecule has 2 rings (SSSR count). The summed E-state index contributed by atoms with van der Waals surface area (Å²) >= 11 is 0. The fraction of sp³-hybridized carbons (Fsp3) is 0.278. The van der Waals surface area contributed by atoms with Crippen LogP contribution in [0.15, 0.2) is 42.5 Å². The van der Waals surface area contributed by atoms with Crippen molar-refractivity contribution >= 4 is 11.7 Å². The van der Waals surface area contributed by atoms with Gasteiger partial charge in [-0.25, -0.2) is 4.79 Å². The Bertz CT molecular complexity index is 687. The van der Waals surface area contributed by atoms with Gasteiger partial charge < -0.3 is 15.2 Å². The summed E-state index contributed by atoms with van der Waals surface area (Å²) in [6.45, 7) is 5.47. The molecule has 4 heteroatoms. The Labute approximate surface area is 130 Å². The van der Waals surface area contributed by atoms with E-state index >= 15 is 0 Å². The lowest BCUT2D eigenvalue weighted by Crippen LogP contribution is -2.24. The monoisotopic (exact) mass is 299 g/mol. The van der Waals surface area contributed by atoms with E-state index < -0.39 is 11.6 Å². The Morgan fingerprint density at radius 2 is 1.77 bits per heavy atom. The van der Waals surface area contributed by atoms with Crippen LogP contribution in [-0.4, -0.2) is 18.7 Å². The summed E-state index contributed by atoms with van der Waals surface area (Å²) < 4.78 is 10.7. The smallest absolute Gasteiger partial charge is 0.340 e. The van der Waals surface area contributed by atoms with Crippen LogP contribution in [0.2, 0.25) is 0 Å². The molecule has 0 aliphatic carbocycles. The zero-order valence-electron chi connectivity index (χ0n) is 13.3. The first-order valence-corrected chi connectivity index (χ1v) is 7.08. The second-order valence-corrected chi connectivity index (χ2v) is 6.00. The largest absolute Gasteiger partial charge is 0.496 e. The van der Waals surface area contributed by atoms with Crippen molar-refractivity contribution in [1.82, 2.24) is 0 Å². The van der Waals surface area contributed by atoms with Crippen molar-refractivity contribution in [3.8, 4) is 16.9 Å². The van der Waals surface area contributed by atoms with E-state index in [1.54, 1.807) is 19.2 Å². The number of hydrogen-bond acceptors (Lipinski definition) is 4. The molecule has 0 spiro atoms. The summed E-state index contributed by atoms with van der Waals surface area (Å²) in [5.41, 5.74) is 8.05. The third-order valence-corrected chi connectivity index (χ3v) is 3.09. The highest BCUT2D eigenvalue weighted by Crippen LogP contribution is 2.32. The highest BCUT2D eigenvalue weighted by molar-refractivity contribution is 5.96. The first-order valence-electron chi connectivity index (χ1n) is 7.08. The molecule has 116 valence electrons. The average Bonchev–Trinajstić information content (AvgIpc) is 2.45. The Hall–Kier alpha value is -2.49. The fourth-order valence-electron chi connectivity index (χ4n) is 2.13. The molecule has 0 unspecified atom stereocenters. The Morgan fingerprint density at radius 3 is 2.36 bits per heavy atom. The number of carbonyl (C=O) groups excluding carboxylic acids is 1. The van der Waals surface area contributed by atoms with E-state index in [0.29, 0.717) is 11.3 Å². The van der Waals surface area contributed by atoms with E-state index in [9.17, 15) is 4.79 Å². The van der Waals surface area contributed by atoms with Crippen molar-refractivity contribution in [2.24, 2.45) is 0 Å². The van der Waals surface area contributed by atoms with Crippen molar-refractivity contribution in [2.75, 3.05) is 12.8 Å². The van der Waals surface area contributed by atoms with Gasteiger partial charge in [-0.3, -0.25) is 0 Å². The molecule has 0 saturated heterocycles. The number of nitrogens with two attached hydrogens (primary N) is 1. The molecule has 0 aliphatic rings. The standard InChI is InChI=1S/C18H21NO3/c1-18(2,3)22-17(20)14-10-9-12(11-15(14)19)13-7-5-6-8-16(13)21-4/h5-11H,19H2,1-4H3. The van der Waals surface area contributed by atoms with Crippen LogP contribution in [0.25, 0.3) is 11.1 Å². The van der Waals surface area contributed by atoms with Crippen molar-refractivity contribution in [1.29, 1.82) is 0 Å². The Balaban J connectivity index is 2.36. The lowest BCUT2D eigenvalue weighted by Gasteiger charge is -2.20. The van der Waals surface area contributed by atoms with E-state index in [1.807, 2.05) is 51.1 Å². The summed E-state index contributed by atoms with van der Waals surface area (Å²) in [5, 5.41) is 0. The third kappa shape index (κ3) is 3.58. The quantitative estimate of drug-likeness (QED) is 0.689. The van der Waals surface area contributed by atoms with Gasteiger partial charge in [0.15, 0.2) is 0 Å². The molecule has 0 amide bonds. The number of nitrogen functional groups attached to an aromatic ring is 1. The average molecular weight is 299 g/mol. The van der Waals surface area contributed by atoms with Crippen molar-refractivity contribution in [2.45, 2.75) is 26.4 Å². The molecule has 0 atom stereocenters. The van der Waals surface area contributed by atoms with Gasteiger partial charge in [0.1, 0.15) is 11.4 Å². The molecule has 0 bridgehead atoms. The van der Waals surface area contributed by atoms with Gasteiger partial charge in [-0.05, 0) is 44.5 Å². The molecule has 2 aromatic rings. The molecule has 2 N–H and O–H groups in total. The van der Waals surface area contributed by atoms with Crippen LogP contribution in [0.4, 0.5) is 5.69 Å². The normalized spacial score (nSPS) is 11.1. The number of benzene rings is 2. The molecular formula is C18H21NO3. The van der Waals surface area contributed by atoms with Gasteiger partial charge in [-0.15, -0.1) is 0 Å². The van der Waals surface area contributed by atoms with Crippen LogP contribution in [0.3, 0.4) is 0 Å². The molecule has 2 aromatic carbocycles. The van der Waals surface area contributed by atoms with E-state index in [1.165, 1.54) is 0 Å². The lowest BCUT2D eigenvalue weighted by molar-refractivity contribution is 0.00708. The number of para-hydroxylation sites is 1. The molecule has 0 aliphatic heterocycles. The summed E-state index contributed by atoms with van der Waals surface area (Å²) in [6.07, 6.45) is 0. The highest BCUT2D eigenvalue weighted by atomic mass is 16.6. The van der Waals surface area contributed by atoms with Gasteiger partial charge in [-0.2, -0.15) is 0 Å². The molecule has 0 aromatic heterocycles. The minimum Gasteiger partial charge on any atom is -0.496 e. The molecular weight excluding hydrogens is 278 g/mol. The van der Waals surface area contributed by atoms with E-state index in [-0.39, 0.29) is 0 Å². The molecule has 0 radical (unpaired) electrons. The minimum atomic E-state index is -0.551. The van der Waals surface area contributed by atoms with Crippen molar-refractivity contribution < 1.29 is 14.3 Å². The van der Waals surface area contributed by atoms with Gasteiger partial charge in [-0.1, -0.05) is 24.3 Å². The molecule has 4 nitrogen and oxygen atoms in total. The zero-order chi connectivity index (χ0) is 16.3. The predicted octanol–water partition coefficient (Wildman–Crippen LogP) is 3.90. The van der Waals surface area contributed by atoms with Crippen LogP contribution in [0, 0.1) is 0 Å². The number of esters is 1. The second kappa shape index (κ2) is 6.10. The SMILES string of the molecule is COc1ccccc1-c1ccc(C(=O)OC(C)(C)C)c(N)c1. The molecule has 22 heavy (non-hydrogen) atoms. The number of ether oxygens (including phenoxy) is 2. The topological polar surface area (TPSA) is 61.5 Å². The minimum absolute atomic E-state index is 0.369. The fourth-order valence-corrected chi connectivity index (χ4v) is 2.13. The maximum atomic E-state index is 12.1. The summed E-state index contributed by atoms with van der Waals surface area (Å²) in [6, 6.07) is 12.9. The van der Waals surface area contributed by atoms with Gasteiger partial charge in [0, 0.05) is 11.3 Å². The number of methoxy groups -OCH3 is 1. The van der Waals surface area contributed by atoms with E-state index in [4.69, 9.17) is 15.2 Å². The maximum Gasteiger partial charge on any atom is 0.340 e. The van der Waals surface area contributed by atoms with E-state index in [0.717, 1.165) is 16.9 Å². The van der Waals surface area contributed by atoms with Crippen LogP contribution in [0.1, 0.15) is 31.1 Å². The van der Waals surface area contributed by atoms with Crippen LogP contribution in [-0.2, 0) is 4.74 Å². The summed E-state index contributed by atoms with van der Waals surface area (Å²) in [7, 11) is 1.62. The highest BCUT2D eigenvalue weighted by Gasteiger charge is 2.20. The summed E-state index contributed by atoms with van der Waals surface area (Å²) in [5.74, 6) is 0.337. The maximum absolute atomic E-state index is 12.1. The van der Waals surface area contributed by atoms with E-state index in [2.05, 4.69) is 0 Å². The molecule has 0 heterocycles. The Morgan fingerprint density at radius 1 is 1.09 bits per heavy atom. The van der Waals surface area contributed by atoms with Gasteiger partial charge in [0.25, 0.3) is 0 Å². The predicted molar refractivity (Wildman–Crippen MR) is 88.0 cm³/mol. The van der Waals surface area contributed by atoms with Crippen molar-refractivity contribution in [3.63, 3.8) is 0 Å². The first-order chi connectivity index (χ1) is 10.3. The van der Waals surface area contributed by atoms with Crippen molar-refractivity contribution in [3.05, 3.63) is 48.0 Å². The Kier molecular flexibility index (Phi) is 4.40.